The third-order valence-electron chi connectivity index (χ3n) is 3.31. The van der Waals surface area contributed by atoms with Crippen LogP contribution in [0.15, 0.2) is 40.5 Å². The molecule has 21 heavy (non-hydrogen) atoms. The molecule has 6 heteroatoms. The van der Waals surface area contributed by atoms with E-state index in [4.69, 9.17) is 0 Å². The zero-order valence-electron chi connectivity index (χ0n) is 11.4. The second kappa shape index (κ2) is 5.75. The Morgan fingerprint density at radius 3 is 2.86 bits per heavy atom. The van der Waals surface area contributed by atoms with E-state index < -0.39 is 0 Å². The summed E-state index contributed by atoms with van der Waals surface area (Å²) in [7, 11) is 0. The van der Waals surface area contributed by atoms with Gasteiger partial charge in [0.05, 0.1) is 12.1 Å². The maximum atomic E-state index is 12.9. The second-order valence-corrected chi connectivity index (χ2v) is 5.72. The van der Waals surface area contributed by atoms with Gasteiger partial charge >= 0.3 is 0 Å². The molecule has 0 fully saturated rings. The van der Waals surface area contributed by atoms with Gasteiger partial charge in [-0.2, -0.15) is 0 Å². The molecule has 0 spiro atoms. The zero-order valence-corrected chi connectivity index (χ0v) is 12.2. The Balaban J connectivity index is 1.73. The lowest BCUT2D eigenvalue weighted by Crippen LogP contribution is -2.22. The van der Waals surface area contributed by atoms with Gasteiger partial charge in [0, 0.05) is 6.04 Å². The third-order valence-corrected chi connectivity index (χ3v) is 4.21. The van der Waals surface area contributed by atoms with E-state index in [2.05, 4.69) is 15.3 Å². The summed E-state index contributed by atoms with van der Waals surface area (Å²) in [6.07, 6.45) is 0. The van der Waals surface area contributed by atoms with Crippen LogP contribution in [-0.4, -0.2) is 9.97 Å². The Hall–Kier alpha value is -2.05. The summed E-state index contributed by atoms with van der Waals surface area (Å²) >= 11 is 1.38. The number of H-pyrrole nitrogens is 1. The van der Waals surface area contributed by atoms with Crippen molar-refractivity contribution in [1.82, 2.24) is 15.3 Å². The number of nitrogens with one attached hydrogen (secondary N) is 2. The molecule has 3 rings (SSSR count). The molecule has 1 atom stereocenters. The van der Waals surface area contributed by atoms with Crippen LogP contribution in [0, 0.1) is 5.82 Å². The van der Waals surface area contributed by atoms with E-state index in [0.29, 0.717) is 17.1 Å². The van der Waals surface area contributed by atoms with Crippen molar-refractivity contribution in [2.45, 2.75) is 19.5 Å². The summed E-state index contributed by atoms with van der Waals surface area (Å²) in [4.78, 5) is 19.0. The highest BCUT2D eigenvalue weighted by Gasteiger charge is 2.08. The van der Waals surface area contributed by atoms with Crippen molar-refractivity contribution in [3.8, 4) is 0 Å². The minimum Gasteiger partial charge on any atom is -0.308 e. The predicted octanol–water partition coefficient (Wildman–Crippen LogP) is 2.97. The molecule has 0 saturated carbocycles. The first kappa shape index (κ1) is 13.9. The molecule has 0 aliphatic carbocycles. The maximum absolute atomic E-state index is 12.9. The van der Waals surface area contributed by atoms with E-state index in [9.17, 15) is 9.18 Å². The van der Waals surface area contributed by atoms with Crippen LogP contribution in [0.3, 0.4) is 0 Å². The van der Waals surface area contributed by atoms with Crippen LogP contribution in [0.5, 0.6) is 0 Å². The highest BCUT2D eigenvalue weighted by Crippen LogP contribution is 2.15. The largest absolute Gasteiger partial charge is 0.308 e. The van der Waals surface area contributed by atoms with Gasteiger partial charge in [-0.1, -0.05) is 12.1 Å². The van der Waals surface area contributed by atoms with Gasteiger partial charge in [0.25, 0.3) is 5.56 Å². The topological polar surface area (TPSA) is 57.8 Å². The molecule has 2 N–H and O–H groups in total. The maximum Gasteiger partial charge on any atom is 0.268 e. The van der Waals surface area contributed by atoms with E-state index in [-0.39, 0.29) is 17.4 Å². The molecule has 2 heterocycles. The van der Waals surface area contributed by atoms with Gasteiger partial charge in [-0.05, 0) is 36.1 Å². The Kier molecular flexibility index (Phi) is 3.81. The summed E-state index contributed by atoms with van der Waals surface area (Å²) in [6, 6.07) is 8.23. The fourth-order valence-corrected chi connectivity index (χ4v) is 2.85. The van der Waals surface area contributed by atoms with Crippen molar-refractivity contribution in [3.05, 3.63) is 63.3 Å². The molecule has 2 aromatic heterocycles. The van der Waals surface area contributed by atoms with Crippen LogP contribution in [0.25, 0.3) is 10.2 Å². The molecular formula is C15H14FN3OS. The molecule has 0 amide bonds. The monoisotopic (exact) mass is 303 g/mol. The Bertz CT molecular complexity index is 810. The molecular weight excluding hydrogens is 289 g/mol. The van der Waals surface area contributed by atoms with Crippen molar-refractivity contribution >= 4 is 21.6 Å². The first-order valence-corrected chi connectivity index (χ1v) is 7.46. The van der Waals surface area contributed by atoms with Crippen molar-refractivity contribution in [3.63, 3.8) is 0 Å². The first-order valence-electron chi connectivity index (χ1n) is 6.59. The van der Waals surface area contributed by atoms with Gasteiger partial charge in [-0.3, -0.25) is 4.79 Å². The minimum atomic E-state index is -0.250. The predicted molar refractivity (Wildman–Crippen MR) is 81.9 cm³/mol. The molecule has 3 aromatic rings. The highest BCUT2D eigenvalue weighted by molar-refractivity contribution is 7.17. The molecule has 0 radical (unpaired) electrons. The number of hydrogen-bond acceptors (Lipinski definition) is 4. The molecule has 0 unspecified atom stereocenters. The van der Waals surface area contributed by atoms with Gasteiger partial charge in [-0.25, -0.2) is 9.37 Å². The first-order chi connectivity index (χ1) is 10.1. The normalized spacial score (nSPS) is 12.7. The van der Waals surface area contributed by atoms with E-state index in [1.807, 2.05) is 18.4 Å². The Morgan fingerprint density at radius 1 is 1.33 bits per heavy atom. The molecule has 0 saturated heterocycles. The molecule has 0 aliphatic heterocycles. The SMILES string of the molecule is C[C@H](NCc1nc2ccsc2c(=O)[nH]1)c1ccc(F)cc1. The number of hydrogen-bond donors (Lipinski definition) is 2. The molecule has 0 aliphatic rings. The lowest BCUT2D eigenvalue weighted by Gasteiger charge is -2.13. The van der Waals surface area contributed by atoms with Crippen molar-refractivity contribution < 1.29 is 4.39 Å². The number of thiophene rings is 1. The number of nitrogens with zero attached hydrogens (tertiary/aromatic N) is 1. The molecule has 4 nitrogen and oxygen atoms in total. The summed E-state index contributed by atoms with van der Waals surface area (Å²) < 4.78 is 13.5. The van der Waals surface area contributed by atoms with E-state index >= 15 is 0 Å². The van der Waals surface area contributed by atoms with Gasteiger partial charge in [-0.15, -0.1) is 11.3 Å². The number of halogens is 1. The third kappa shape index (κ3) is 3.01. The van der Waals surface area contributed by atoms with E-state index in [1.54, 1.807) is 12.1 Å². The summed E-state index contributed by atoms with van der Waals surface area (Å²) in [5.74, 6) is 0.347. The summed E-state index contributed by atoms with van der Waals surface area (Å²) in [5, 5.41) is 5.12. The smallest absolute Gasteiger partial charge is 0.268 e. The summed E-state index contributed by atoms with van der Waals surface area (Å²) in [5.41, 5.74) is 1.59. The summed E-state index contributed by atoms with van der Waals surface area (Å²) in [6.45, 7) is 2.42. The van der Waals surface area contributed by atoms with Crippen LogP contribution in [0.4, 0.5) is 4.39 Å². The van der Waals surface area contributed by atoms with Crippen molar-refractivity contribution in [2.24, 2.45) is 0 Å². The van der Waals surface area contributed by atoms with Crippen LogP contribution < -0.4 is 10.9 Å². The molecule has 0 bridgehead atoms. The van der Waals surface area contributed by atoms with Crippen molar-refractivity contribution in [2.75, 3.05) is 0 Å². The molecule has 108 valence electrons. The van der Waals surface area contributed by atoms with E-state index in [0.717, 1.165) is 11.1 Å². The van der Waals surface area contributed by atoms with E-state index in [1.165, 1.54) is 23.5 Å². The zero-order chi connectivity index (χ0) is 14.8. The van der Waals surface area contributed by atoms with Gasteiger partial charge < -0.3 is 10.3 Å². The molecule has 1 aromatic carbocycles. The van der Waals surface area contributed by atoms with Crippen LogP contribution >= 0.6 is 11.3 Å². The average molecular weight is 303 g/mol. The minimum absolute atomic E-state index is 0.0362. The van der Waals surface area contributed by atoms with Crippen LogP contribution in [0.2, 0.25) is 0 Å². The second-order valence-electron chi connectivity index (χ2n) is 4.80. The quantitative estimate of drug-likeness (QED) is 0.779. The number of rotatable bonds is 4. The van der Waals surface area contributed by atoms with Gasteiger partial charge in [0.1, 0.15) is 16.3 Å². The fraction of sp³-hybridized carbons (Fsp3) is 0.200. The number of benzene rings is 1. The number of aromatic amines is 1. The van der Waals surface area contributed by atoms with Gasteiger partial charge in [0.2, 0.25) is 0 Å². The lowest BCUT2D eigenvalue weighted by atomic mass is 10.1. The lowest BCUT2D eigenvalue weighted by molar-refractivity contribution is 0.557. The fourth-order valence-electron chi connectivity index (χ4n) is 2.12. The highest BCUT2D eigenvalue weighted by atomic mass is 32.1. The Labute approximate surface area is 124 Å². The van der Waals surface area contributed by atoms with Gasteiger partial charge in [0.15, 0.2) is 0 Å². The standard InChI is InChI=1S/C15H14FN3OS/c1-9(10-2-4-11(16)5-3-10)17-8-13-18-12-6-7-21-14(12)15(20)19-13/h2-7,9,17H,8H2,1H3,(H,18,19,20)/t9-/m0/s1. The number of fused-ring (bicyclic) bond motifs is 1. The number of aromatic nitrogens is 2. The van der Waals surface area contributed by atoms with Crippen LogP contribution in [0.1, 0.15) is 24.4 Å². The average Bonchev–Trinajstić information content (AvgIpc) is 2.94. The van der Waals surface area contributed by atoms with Crippen molar-refractivity contribution in [1.29, 1.82) is 0 Å². The van der Waals surface area contributed by atoms with Crippen LogP contribution in [-0.2, 0) is 6.54 Å². The Morgan fingerprint density at radius 2 is 2.10 bits per heavy atom.